The molecule has 2 atom stereocenters. The molecule has 1 aliphatic rings. The van der Waals surface area contributed by atoms with E-state index in [0.717, 1.165) is 12.3 Å². The zero-order valence-corrected chi connectivity index (χ0v) is 10.2. The Hall–Kier alpha value is -1.84. The highest BCUT2D eigenvalue weighted by molar-refractivity contribution is 5.27. The van der Waals surface area contributed by atoms with E-state index in [0.29, 0.717) is 0 Å². The van der Waals surface area contributed by atoms with E-state index in [-0.39, 0.29) is 6.23 Å². The Bertz CT molecular complexity index is 510. The van der Waals surface area contributed by atoms with Crippen LogP contribution < -0.4 is 4.74 Å². The van der Waals surface area contributed by atoms with Gasteiger partial charge in [-0.25, -0.2) is 0 Å². The standard InChI is InChI=1S/C15H15NO2/c1-17-14-9-7-12(8-10-14)11-16-15(18-16)13-5-3-2-4-6-13/h2-10,15H,11H2,1H3. The molecule has 2 aromatic carbocycles. The average Bonchev–Trinajstić information content (AvgIpc) is 3.20. The predicted octanol–water partition coefficient (Wildman–Crippen LogP) is 3.14. The smallest absolute Gasteiger partial charge is 0.180 e. The molecule has 3 rings (SSSR count). The number of rotatable bonds is 4. The zero-order chi connectivity index (χ0) is 12.4. The first-order chi connectivity index (χ1) is 8.86. The van der Waals surface area contributed by atoms with Crippen LogP contribution in [0.5, 0.6) is 5.75 Å². The van der Waals surface area contributed by atoms with E-state index in [1.807, 2.05) is 35.4 Å². The van der Waals surface area contributed by atoms with Crippen LogP contribution in [0.4, 0.5) is 0 Å². The normalized spacial score (nSPS) is 21.6. The van der Waals surface area contributed by atoms with E-state index in [4.69, 9.17) is 9.57 Å². The van der Waals surface area contributed by atoms with Crippen LogP contribution in [0.25, 0.3) is 0 Å². The van der Waals surface area contributed by atoms with Gasteiger partial charge in [0.1, 0.15) is 5.75 Å². The lowest BCUT2D eigenvalue weighted by Gasteiger charge is -2.02. The SMILES string of the molecule is COc1ccc(CN2OC2c2ccccc2)cc1. The molecular weight excluding hydrogens is 226 g/mol. The van der Waals surface area contributed by atoms with Gasteiger partial charge in [0.15, 0.2) is 6.23 Å². The lowest BCUT2D eigenvalue weighted by atomic mass is 10.2. The van der Waals surface area contributed by atoms with Crippen molar-refractivity contribution < 1.29 is 9.57 Å². The maximum absolute atomic E-state index is 5.57. The van der Waals surface area contributed by atoms with E-state index < -0.39 is 0 Å². The molecule has 0 spiro atoms. The number of hydrogen-bond donors (Lipinski definition) is 0. The van der Waals surface area contributed by atoms with Gasteiger partial charge in [-0.2, -0.15) is 0 Å². The van der Waals surface area contributed by atoms with E-state index in [9.17, 15) is 0 Å². The van der Waals surface area contributed by atoms with Crippen LogP contribution >= 0.6 is 0 Å². The molecule has 0 aliphatic carbocycles. The molecule has 0 aromatic heterocycles. The number of hydrogen-bond acceptors (Lipinski definition) is 3. The second-order valence-corrected chi connectivity index (χ2v) is 4.29. The Kier molecular flexibility index (Phi) is 3.00. The third kappa shape index (κ3) is 2.37. The average molecular weight is 241 g/mol. The molecule has 0 amide bonds. The van der Waals surface area contributed by atoms with E-state index in [1.165, 1.54) is 11.1 Å². The molecule has 0 bridgehead atoms. The van der Waals surface area contributed by atoms with Crippen molar-refractivity contribution in [1.82, 2.24) is 5.06 Å². The van der Waals surface area contributed by atoms with Crippen LogP contribution in [-0.2, 0) is 11.4 Å². The molecule has 1 aliphatic heterocycles. The van der Waals surface area contributed by atoms with Crippen LogP contribution in [-0.4, -0.2) is 12.2 Å². The summed E-state index contributed by atoms with van der Waals surface area (Å²) in [5.74, 6) is 0.880. The van der Waals surface area contributed by atoms with Gasteiger partial charge in [0, 0.05) is 0 Å². The van der Waals surface area contributed by atoms with Crippen molar-refractivity contribution in [1.29, 1.82) is 0 Å². The summed E-state index contributed by atoms with van der Waals surface area (Å²) in [5.41, 5.74) is 2.42. The number of methoxy groups -OCH3 is 1. The maximum Gasteiger partial charge on any atom is 0.180 e. The van der Waals surface area contributed by atoms with Crippen LogP contribution in [0.2, 0.25) is 0 Å². The first kappa shape index (κ1) is 11.3. The minimum absolute atomic E-state index is 0.105. The Labute approximate surface area is 107 Å². The number of hydroxylamine groups is 2. The highest BCUT2D eigenvalue weighted by Crippen LogP contribution is 2.38. The summed E-state index contributed by atoms with van der Waals surface area (Å²) in [4.78, 5) is 5.57. The van der Waals surface area contributed by atoms with Crippen molar-refractivity contribution in [3.63, 3.8) is 0 Å². The molecule has 1 heterocycles. The van der Waals surface area contributed by atoms with E-state index in [1.54, 1.807) is 7.11 Å². The molecule has 2 aromatic rings. The fourth-order valence-corrected chi connectivity index (χ4v) is 1.98. The minimum Gasteiger partial charge on any atom is -0.497 e. The molecule has 0 N–H and O–H groups in total. The molecule has 1 saturated heterocycles. The maximum atomic E-state index is 5.57. The summed E-state index contributed by atoms with van der Waals surface area (Å²) in [6.45, 7) is 0.795. The summed E-state index contributed by atoms with van der Waals surface area (Å²) in [7, 11) is 1.67. The Morgan fingerprint density at radius 1 is 1.06 bits per heavy atom. The summed E-state index contributed by atoms with van der Waals surface area (Å²) >= 11 is 0. The van der Waals surface area contributed by atoms with Gasteiger partial charge in [-0.3, -0.25) is 4.84 Å². The molecule has 0 radical (unpaired) electrons. The largest absolute Gasteiger partial charge is 0.497 e. The summed E-state index contributed by atoms with van der Waals surface area (Å²) in [6.07, 6.45) is 0.105. The third-order valence-electron chi connectivity index (χ3n) is 3.03. The van der Waals surface area contributed by atoms with Crippen molar-refractivity contribution in [2.24, 2.45) is 0 Å². The van der Waals surface area contributed by atoms with Crippen molar-refractivity contribution in [3.05, 3.63) is 65.7 Å². The van der Waals surface area contributed by atoms with Gasteiger partial charge in [0.25, 0.3) is 0 Å². The lowest BCUT2D eigenvalue weighted by molar-refractivity contribution is 0.192. The zero-order valence-electron chi connectivity index (χ0n) is 10.2. The quantitative estimate of drug-likeness (QED) is 0.769. The van der Waals surface area contributed by atoms with Gasteiger partial charge < -0.3 is 4.74 Å². The number of nitrogens with zero attached hydrogens (tertiary/aromatic N) is 1. The Balaban J connectivity index is 1.62. The minimum atomic E-state index is 0.105. The first-order valence-corrected chi connectivity index (χ1v) is 5.98. The summed E-state index contributed by atoms with van der Waals surface area (Å²) < 4.78 is 5.14. The van der Waals surface area contributed by atoms with E-state index >= 15 is 0 Å². The predicted molar refractivity (Wildman–Crippen MR) is 68.8 cm³/mol. The van der Waals surface area contributed by atoms with Crippen LogP contribution in [0, 0.1) is 0 Å². The van der Waals surface area contributed by atoms with Gasteiger partial charge in [-0.05, 0) is 23.3 Å². The van der Waals surface area contributed by atoms with Crippen LogP contribution in [0.15, 0.2) is 54.6 Å². The molecule has 18 heavy (non-hydrogen) atoms. The fraction of sp³-hybridized carbons (Fsp3) is 0.200. The number of benzene rings is 2. The highest BCUT2D eigenvalue weighted by atomic mass is 16.8. The van der Waals surface area contributed by atoms with Gasteiger partial charge in [-0.15, -0.1) is 5.06 Å². The second kappa shape index (κ2) is 4.80. The molecule has 92 valence electrons. The van der Waals surface area contributed by atoms with Crippen molar-refractivity contribution >= 4 is 0 Å². The summed E-state index contributed by atoms with van der Waals surface area (Å²) in [6, 6.07) is 18.3. The van der Waals surface area contributed by atoms with E-state index in [2.05, 4.69) is 24.3 Å². The van der Waals surface area contributed by atoms with Gasteiger partial charge in [0.2, 0.25) is 0 Å². The molecule has 3 nitrogen and oxygen atoms in total. The lowest BCUT2D eigenvalue weighted by Crippen LogP contribution is -1.98. The molecule has 0 saturated carbocycles. The third-order valence-corrected chi connectivity index (χ3v) is 3.03. The molecular formula is C15H15NO2. The van der Waals surface area contributed by atoms with Gasteiger partial charge >= 0.3 is 0 Å². The molecule has 3 heteroatoms. The molecule has 2 unspecified atom stereocenters. The van der Waals surface area contributed by atoms with Gasteiger partial charge in [0.05, 0.1) is 13.7 Å². The summed E-state index contributed by atoms with van der Waals surface area (Å²) in [5, 5.41) is 1.97. The van der Waals surface area contributed by atoms with Crippen molar-refractivity contribution in [2.45, 2.75) is 12.8 Å². The monoisotopic (exact) mass is 241 g/mol. The van der Waals surface area contributed by atoms with Crippen LogP contribution in [0.3, 0.4) is 0 Å². The van der Waals surface area contributed by atoms with Crippen LogP contribution in [0.1, 0.15) is 17.4 Å². The molecule has 1 fully saturated rings. The number of ether oxygens (including phenoxy) is 1. The first-order valence-electron chi connectivity index (χ1n) is 5.98. The highest BCUT2D eigenvalue weighted by Gasteiger charge is 2.37. The topological polar surface area (TPSA) is 24.8 Å². The Morgan fingerprint density at radius 2 is 1.78 bits per heavy atom. The van der Waals surface area contributed by atoms with Gasteiger partial charge in [-0.1, -0.05) is 42.5 Å². The Morgan fingerprint density at radius 3 is 2.44 bits per heavy atom. The second-order valence-electron chi connectivity index (χ2n) is 4.29. The van der Waals surface area contributed by atoms with Crippen molar-refractivity contribution in [3.8, 4) is 5.75 Å². The van der Waals surface area contributed by atoms with Crippen molar-refractivity contribution in [2.75, 3.05) is 7.11 Å². The fourth-order valence-electron chi connectivity index (χ4n) is 1.98.